The zero-order chi connectivity index (χ0) is 19.9. The number of hydrogen-bond donors (Lipinski definition) is 1. The van der Waals surface area contributed by atoms with E-state index < -0.39 is 26.6 Å². The van der Waals surface area contributed by atoms with Gasteiger partial charge in [-0.15, -0.1) is 0 Å². The molecule has 0 bridgehead atoms. The van der Waals surface area contributed by atoms with Crippen LogP contribution in [0.5, 0.6) is 0 Å². The largest absolute Gasteiger partial charge is 0.306 e. The van der Waals surface area contributed by atoms with E-state index in [9.17, 15) is 17.2 Å². The molecule has 0 radical (unpaired) electrons. The minimum atomic E-state index is -4.48. The van der Waals surface area contributed by atoms with Gasteiger partial charge < -0.3 is 4.40 Å². The van der Waals surface area contributed by atoms with Crippen LogP contribution in [0.25, 0.3) is 16.9 Å². The quantitative estimate of drug-likeness (QED) is 0.554. The van der Waals surface area contributed by atoms with Gasteiger partial charge in [0, 0.05) is 18.0 Å². The zero-order valence-electron chi connectivity index (χ0n) is 14.7. The molecule has 0 aliphatic rings. The van der Waals surface area contributed by atoms with E-state index in [-0.39, 0.29) is 5.69 Å². The molecular formula is C20H15F2N3O2S. The first-order valence-electron chi connectivity index (χ1n) is 8.37. The Bertz CT molecular complexity index is 1280. The van der Waals surface area contributed by atoms with Crippen LogP contribution in [-0.2, 0) is 10.0 Å². The lowest BCUT2D eigenvalue weighted by Crippen LogP contribution is -2.17. The van der Waals surface area contributed by atoms with Gasteiger partial charge in [-0.25, -0.2) is 22.2 Å². The minimum absolute atomic E-state index is 0.172. The monoisotopic (exact) mass is 399 g/mol. The van der Waals surface area contributed by atoms with Crippen molar-refractivity contribution in [3.05, 3.63) is 84.2 Å². The van der Waals surface area contributed by atoms with Crippen LogP contribution < -0.4 is 4.72 Å². The third-order valence-electron chi connectivity index (χ3n) is 4.31. The topological polar surface area (TPSA) is 63.5 Å². The molecule has 142 valence electrons. The number of benzene rings is 2. The van der Waals surface area contributed by atoms with Crippen molar-refractivity contribution in [1.29, 1.82) is 0 Å². The van der Waals surface area contributed by atoms with Crippen LogP contribution >= 0.6 is 0 Å². The van der Waals surface area contributed by atoms with Crippen molar-refractivity contribution in [2.45, 2.75) is 11.8 Å². The van der Waals surface area contributed by atoms with Gasteiger partial charge in [0.05, 0.1) is 11.4 Å². The van der Waals surface area contributed by atoms with Crippen LogP contribution in [0.2, 0.25) is 0 Å². The number of imidazole rings is 1. The van der Waals surface area contributed by atoms with Crippen molar-refractivity contribution in [2.75, 3.05) is 4.72 Å². The molecule has 8 heteroatoms. The normalized spacial score (nSPS) is 11.7. The second kappa shape index (κ2) is 6.72. The summed E-state index contributed by atoms with van der Waals surface area (Å²) < 4.78 is 57.3. The second-order valence-corrected chi connectivity index (χ2v) is 7.87. The lowest BCUT2D eigenvalue weighted by Gasteiger charge is -2.12. The van der Waals surface area contributed by atoms with E-state index in [1.54, 1.807) is 24.4 Å². The molecule has 2 heterocycles. The number of aryl methyl sites for hydroxylation is 1. The average Bonchev–Trinajstić information content (AvgIpc) is 3.07. The molecule has 2 aromatic carbocycles. The van der Waals surface area contributed by atoms with Crippen molar-refractivity contribution in [3.8, 4) is 11.3 Å². The van der Waals surface area contributed by atoms with E-state index in [0.29, 0.717) is 11.3 Å². The summed E-state index contributed by atoms with van der Waals surface area (Å²) in [4.78, 5) is 3.54. The van der Waals surface area contributed by atoms with Crippen LogP contribution in [-0.4, -0.2) is 17.8 Å². The Kier molecular flexibility index (Phi) is 4.35. The molecular weight excluding hydrogens is 384 g/mol. The van der Waals surface area contributed by atoms with Gasteiger partial charge in [0.25, 0.3) is 10.0 Å². The minimum Gasteiger partial charge on any atom is -0.306 e. The first-order valence-corrected chi connectivity index (χ1v) is 9.86. The summed E-state index contributed by atoms with van der Waals surface area (Å²) in [5, 5.41) is 0. The van der Waals surface area contributed by atoms with Crippen LogP contribution in [0.4, 0.5) is 14.5 Å². The summed E-state index contributed by atoms with van der Waals surface area (Å²) in [6.07, 6.45) is 3.60. The Balaban J connectivity index is 1.81. The summed E-state index contributed by atoms with van der Waals surface area (Å²) >= 11 is 0. The Morgan fingerprint density at radius 2 is 1.68 bits per heavy atom. The van der Waals surface area contributed by atoms with Crippen molar-refractivity contribution in [2.24, 2.45) is 0 Å². The van der Waals surface area contributed by atoms with Crippen LogP contribution in [0, 0.1) is 18.6 Å². The molecule has 0 fully saturated rings. The molecule has 4 rings (SSSR count). The Labute approximate surface area is 160 Å². The van der Waals surface area contributed by atoms with Crippen molar-refractivity contribution < 1.29 is 17.2 Å². The van der Waals surface area contributed by atoms with Crippen molar-refractivity contribution in [1.82, 2.24) is 9.38 Å². The number of anilines is 1. The number of rotatable bonds is 4. The fourth-order valence-corrected chi connectivity index (χ4v) is 4.23. The Morgan fingerprint density at radius 1 is 0.964 bits per heavy atom. The lowest BCUT2D eigenvalue weighted by atomic mass is 10.1. The van der Waals surface area contributed by atoms with Crippen LogP contribution in [0.1, 0.15) is 5.56 Å². The summed E-state index contributed by atoms with van der Waals surface area (Å²) in [7, 11) is -4.48. The van der Waals surface area contributed by atoms with Gasteiger partial charge in [0.15, 0.2) is 4.90 Å². The fraction of sp³-hybridized carbons (Fsp3) is 0.0500. The van der Waals surface area contributed by atoms with Gasteiger partial charge in [-0.1, -0.05) is 30.3 Å². The number of fused-ring (bicyclic) bond motifs is 1. The van der Waals surface area contributed by atoms with Crippen molar-refractivity contribution >= 4 is 21.4 Å². The molecule has 0 amide bonds. The Hall–Kier alpha value is -3.26. The maximum atomic E-state index is 14.0. The van der Waals surface area contributed by atoms with E-state index in [0.717, 1.165) is 29.4 Å². The van der Waals surface area contributed by atoms with Gasteiger partial charge in [0.1, 0.15) is 17.3 Å². The number of halogens is 2. The average molecular weight is 399 g/mol. The van der Waals surface area contributed by atoms with Crippen LogP contribution in [0.3, 0.4) is 0 Å². The highest BCUT2D eigenvalue weighted by molar-refractivity contribution is 7.92. The van der Waals surface area contributed by atoms with E-state index in [1.807, 2.05) is 29.7 Å². The number of nitrogens with zero attached hydrogens (tertiary/aromatic N) is 2. The van der Waals surface area contributed by atoms with E-state index in [1.165, 1.54) is 6.07 Å². The maximum Gasteiger partial charge on any atom is 0.267 e. The molecule has 2 aromatic heterocycles. The first kappa shape index (κ1) is 18.1. The predicted molar refractivity (Wildman–Crippen MR) is 103 cm³/mol. The summed E-state index contributed by atoms with van der Waals surface area (Å²) in [5.41, 5.74) is 2.88. The van der Waals surface area contributed by atoms with E-state index in [2.05, 4.69) is 9.71 Å². The number of aromatic nitrogens is 2. The summed E-state index contributed by atoms with van der Waals surface area (Å²) in [5.74, 6) is -2.32. The Morgan fingerprint density at radius 3 is 2.39 bits per heavy atom. The number of pyridine rings is 1. The van der Waals surface area contributed by atoms with E-state index >= 15 is 0 Å². The van der Waals surface area contributed by atoms with Gasteiger partial charge >= 0.3 is 0 Å². The molecule has 0 unspecified atom stereocenters. The van der Waals surface area contributed by atoms with Gasteiger partial charge in [-0.3, -0.25) is 4.72 Å². The summed E-state index contributed by atoms with van der Waals surface area (Å²) in [6, 6.07) is 13.3. The maximum absolute atomic E-state index is 14.0. The number of para-hydroxylation sites is 1. The highest BCUT2D eigenvalue weighted by atomic mass is 32.2. The number of nitrogens with one attached hydrogen (secondary N) is 1. The third kappa shape index (κ3) is 3.11. The fourth-order valence-electron chi connectivity index (χ4n) is 3.01. The number of sulfonamides is 1. The zero-order valence-corrected chi connectivity index (χ0v) is 15.5. The molecule has 0 aliphatic carbocycles. The molecule has 0 atom stereocenters. The molecule has 4 aromatic rings. The predicted octanol–water partition coefficient (Wildman–Crippen LogP) is 4.39. The van der Waals surface area contributed by atoms with Crippen LogP contribution in [0.15, 0.2) is 71.9 Å². The van der Waals surface area contributed by atoms with Gasteiger partial charge in [-0.05, 0) is 36.8 Å². The SMILES string of the molecule is Cc1cccn2cc(-c3ccccc3NS(=O)(=O)c3c(F)cccc3F)nc12. The molecule has 28 heavy (non-hydrogen) atoms. The highest BCUT2D eigenvalue weighted by Gasteiger charge is 2.25. The molecule has 5 nitrogen and oxygen atoms in total. The molecule has 0 spiro atoms. The highest BCUT2D eigenvalue weighted by Crippen LogP contribution is 2.30. The molecule has 0 saturated heterocycles. The number of hydrogen-bond acceptors (Lipinski definition) is 3. The lowest BCUT2D eigenvalue weighted by molar-refractivity contribution is 0.521. The first-order chi connectivity index (χ1) is 13.4. The molecule has 1 N–H and O–H groups in total. The van der Waals surface area contributed by atoms with E-state index in [4.69, 9.17) is 0 Å². The standard InChI is InChI=1S/C20H15F2N3O2S/c1-13-6-5-11-25-12-18(23-20(13)25)14-7-2-3-10-17(14)24-28(26,27)19-15(21)8-4-9-16(19)22/h2-12,24H,1H3. The van der Waals surface area contributed by atoms with Crippen molar-refractivity contribution in [3.63, 3.8) is 0 Å². The molecule has 0 saturated carbocycles. The van der Waals surface area contributed by atoms with Gasteiger partial charge in [0.2, 0.25) is 0 Å². The molecule has 0 aliphatic heterocycles. The summed E-state index contributed by atoms with van der Waals surface area (Å²) in [6.45, 7) is 1.92. The second-order valence-electron chi connectivity index (χ2n) is 6.25. The third-order valence-corrected chi connectivity index (χ3v) is 5.73. The smallest absolute Gasteiger partial charge is 0.267 e. The van der Waals surface area contributed by atoms with Gasteiger partial charge in [-0.2, -0.15) is 0 Å².